The van der Waals surface area contributed by atoms with Crippen LogP contribution in [0.5, 0.6) is 0 Å². The summed E-state index contributed by atoms with van der Waals surface area (Å²) in [4.78, 5) is 13.2. The molecule has 0 fully saturated rings. The van der Waals surface area contributed by atoms with Gasteiger partial charge in [0.05, 0.1) is 0 Å². The molecule has 0 bridgehead atoms. The van der Waals surface area contributed by atoms with Gasteiger partial charge in [-0.1, -0.05) is 17.3 Å². The van der Waals surface area contributed by atoms with Crippen molar-refractivity contribution in [1.29, 1.82) is 0 Å². The Bertz CT molecular complexity index is 428. The second-order valence-electron chi connectivity index (χ2n) is 3.91. The number of urea groups is 1. The van der Waals surface area contributed by atoms with Gasteiger partial charge in [0.15, 0.2) is 0 Å². The van der Waals surface area contributed by atoms with Crippen molar-refractivity contribution in [1.82, 2.24) is 4.90 Å². The number of rotatable bonds is 4. The highest BCUT2D eigenvalue weighted by atomic mass is 16.4. The summed E-state index contributed by atoms with van der Waals surface area (Å²) in [6, 6.07) is 7.05. The highest BCUT2D eigenvalue weighted by Crippen LogP contribution is 2.10. The lowest BCUT2D eigenvalue weighted by atomic mass is 10.1. The Kier molecular flexibility index (Phi) is 4.98. The van der Waals surface area contributed by atoms with Gasteiger partial charge in [-0.25, -0.2) is 4.79 Å². The zero-order chi connectivity index (χ0) is 13.5. The summed E-state index contributed by atoms with van der Waals surface area (Å²) in [5, 5.41) is 14.1. The third kappa shape index (κ3) is 3.97. The third-order valence-corrected chi connectivity index (χ3v) is 2.54. The van der Waals surface area contributed by atoms with Crippen LogP contribution < -0.4 is 11.1 Å². The Balaban J connectivity index is 2.63. The van der Waals surface area contributed by atoms with Gasteiger partial charge < -0.3 is 21.2 Å². The molecular formula is C12H18N4O2. The van der Waals surface area contributed by atoms with E-state index in [0.29, 0.717) is 18.7 Å². The molecule has 0 unspecified atom stereocenters. The molecule has 1 aromatic rings. The number of hydrogen-bond acceptors (Lipinski definition) is 3. The minimum Gasteiger partial charge on any atom is -0.409 e. The fourth-order valence-electron chi connectivity index (χ4n) is 1.31. The maximum Gasteiger partial charge on any atom is 0.321 e. The van der Waals surface area contributed by atoms with Gasteiger partial charge in [0.1, 0.15) is 5.84 Å². The van der Waals surface area contributed by atoms with Crippen LogP contribution in [-0.2, 0) is 6.42 Å². The quantitative estimate of drug-likeness (QED) is 0.327. The zero-order valence-corrected chi connectivity index (χ0v) is 10.6. The summed E-state index contributed by atoms with van der Waals surface area (Å²) in [7, 11) is 1.72. The van der Waals surface area contributed by atoms with E-state index in [0.717, 1.165) is 5.56 Å². The van der Waals surface area contributed by atoms with Crippen molar-refractivity contribution in [3.8, 4) is 0 Å². The van der Waals surface area contributed by atoms with Gasteiger partial charge in [-0.2, -0.15) is 0 Å². The molecule has 0 heterocycles. The number of nitrogens with one attached hydrogen (secondary N) is 1. The smallest absolute Gasteiger partial charge is 0.321 e. The molecule has 0 spiro atoms. The molecule has 4 N–H and O–H groups in total. The molecule has 18 heavy (non-hydrogen) atoms. The molecule has 6 heteroatoms. The van der Waals surface area contributed by atoms with Crippen LogP contribution >= 0.6 is 0 Å². The molecule has 0 saturated heterocycles. The Morgan fingerprint density at radius 2 is 2.06 bits per heavy atom. The summed E-state index contributed by atoms with van der Waals surface area (Å²) in [6.45, 7) is 2.55. The van der Waals surface area contributed by atoms with Gasteiger partial charge in [0.25, 0.3) is 0 Å². The van der Waals surface area contributed by atoms with E-state index in [2.05, 4.69) is 10.5 Å². The van der Waals surface area contributed by atoms with Crippen LogP contribution in [0, 0.1) is 0 Å². The first kappa shape index (κ1) is 13.8. The average Bonchev–Trinajstić information content (AvgIpc) is 2.39. The van der Waals surface area contributed by atoms with Gasteiger partial charge >= 0.3 is 6.03 Å². The monoisotopic (exact) mass is 250 g/mol. The van der Waals surface area contributed by atoms with E-state index in [1.165, 1.54) is 0 Å². The number of benzene rings is 1. The van der Waals surface area contributed by atoms with Crippen LogP contribution in [0.25, 0.3) is 0 Å². The van der Waals surface area contributed by atoms with Crippen molar-refractivity contribution in [2.45, 2.75) is 13.3 Å². The number of anilines is 1. The topological polar surface area (TPSA) is 91.0 Å². The molecule has 0 atom stereocenters. The molecule has 0 radical (unpaired) electrons. The summed E-state index contributed by atoms with van der Waals surface area (Å²) in [6.07, 6.45) is 0.375. The van der Waals surface area contributed by atoms with E-state index < -0.39 is 0 Å². The highest BCUT2D eigenvalue weighted by Gasteiger charge is 2.06. The summed E-state index contributed by atoms with van der Waals surface area (Å²) in [5.74, 6) is 0.150. The fourth-order valence-corrected chi connectivity index (χ4v) is 1.31. The lowest BCUT2D eigenvalue weighted by molar-refractivity contribution is 0.224. The minimum atomic E-state index is -0.151. The van der Waals surface area contributed by atoms with Gasteiger partial charge in [-0.15, -0.1) is 0 Å². The SMILES string of the molecule is CCN(C)C(=O)Nc1ccc(CC(N)=NO)cc1. The number of oxime groups is 1. The van der Waals surface area contributed by atoms with Crippen LogP contribution in [0.15, 0.2) is 29.4 Å². The number of nitrogens with zero attached hydrogens (tertiary/aromatic N) is 2. The number of carbonyl (C=O) groups is 1. The standard InChI is InChI=1S/C12H18N4O2/c1-3-16(2)12(17)14-10-6-4-9(5-7-10)8-11(13)15-18/h4-7,18H,3,8H2,1-2H3,(H2,13,15)(H,14,17). The molecule has 0 aromatic heterocycles. The van der Waals surface area contributed by atoms with Crippen LogP contribution in [0.1, 0.15) is 12.5 Å². The average molecular weight is 250 g/mol. The Morgan fingerprint density at radius 1 is 1.44 bits per heavy atom. The van der Waals surface area contributed by atoms with E-state index in [4.69, 9.17) is 10.9 Å². The second kappa shape index (κ2) is 6.48. The van der Waals surface area contributed by atoms with E-state index in [1.807, 2.05) is 19.1 Å². The lowest BCUT2D eigenvalue weighted by Gasteiger charge is -2.15. The summed E-state index contributed by atoms with van der Waals surface area (Å²) < 4.78 is 0. The minimum absolute atomic E-state index is 0.150. The van der Waals surface area contributed by atoms with Crippen molar-refractivity contribution in [2.75, 3.05) is 18.9 Å². The number of carbonyl (C=O) groups excluding carboxylic acids is 1. The molecule has 98 valence electrons. The van der Waals surface area contributed by atoms with E-state index >= 15 is 0 Å². The Morgan fingerprint density at radius 3 is 2.56 bits per heavy atom. The number of amides is 2. The first-order chi connectivity index (χ1) is 8.56. The number of nitrogens with two attached hydrogens (primary N) is 1. The molecule has 0 aliphatic carbocycles. The predicted octanol–water partition coefficient (Wildman–Crippen LogP) is 1.46. The molecule has 1 rings (SSSR count). The van der Waals surface area contributed by atoms with Crippen molar-refractivity contribution >= 4 is 17.6 Å². The molecule has 0 saturated carbocycles. The van der Waals surface area contributed by atoms with Crippen LogP contribution in [0.2, 0.25) is 0 Å². The van der Waals surface area contributed by atoms with E-state index in [1.54, 1.807) is 24.1 Å². The largest absolute Gasteiger partial charge is 0.409 e. The molecule has 6 nitrogen and oxygen atoms in total. The molecular weight excluding hydrogens is 232 g/mol. The Hall–Kier alpha value is -2.24. The molecule has 1 aromatic carbocycles. The normalized spacial score (nSPS) is 11.1. The first-order valence-electron chi connectivity index (χ1n) is 5.64. The van der Waals surface area contributed by atoms with Gasteiger partial charge in [0, 0.05) is 25.7 Å². The van der Waals surface area contributed by atoms with Gasteiger partial charge in [0.2, 0.25) is 0 Å². The van der Waals surface area contributed by atoms with Crippen molar-refractivity contribution in [3.63, 3.8) is 0 Å². The highest BCUT2D eigenvalue weighted by molar-refractivity contribution is 5.89. The van der Waals surface area contributed by atoms with Crippen molar-refractivity contribution in [3.05, 3.63) is 29.8 Å². The summed E-state index contributed by atoms with van der Waals surface area (Å²) in [5.41, 5.74) is 7.03. The molecule has 2 amide bonds. The zero-order valence-electron chi connectivity index (χ0n) is 10.6. The van der Waals surface area contributed by atoms with Gasteiger partial charge in [-0.3, -0.25) is 0 Å². The van der Waals surface area contributed by atoms with Gasteiger partial charge in [-0.05, 0) is 24.6 Å². The second-order valence-corrected chi connectivity index (χ2v) is 3.91. The summed E-state index contributed by atoms with van der Waals surface area (Å²) >= 11 is 0. The van der Waals surface area contributed by atoms with Crippen LogP contribution in [-0.4, -0.2) is 35.6 Å². The third-order valence-electron chi connectivity index (χ3n) is 2.54. The van der Waals surface area contributed by atoms with E-state index in [-0.39, 0.29) is 11.9 Å². The first-order valence-corrected chi connectivity index (χ1v) is 5.64. The van der Waals surface area contributed by atoms with Crippen LogP contribution in [0.4, 0.5) is 10.5 Å². The lowest BCUT2D eigenvalue weighted by Crippen LogP contribution is -2.30. The maximum atomic E-state index is 11.6. The maximum absolute atomic E-state index is 11.6. The predicted molar refractivity (Wildman–Crippen MR) is 70.9 cm³/mol. The van der Waals surface area contributed by atoms with Crippen molar-refractivity contribution in [2.24, 2.45) is 10.9 Å². The Labute approximate surface area is 106 Å². The molecule has 0 aliphatic heterocycles. The van der Waals surface area contributed by atoms with Crippen molar-refractivity contribution < 1.29 is 10.0 Å². The number of amidine groups is 1. The fraction of sp³-hybridized carbons (Fsp3) is 0.333. The van der Waals surface area contributed by atoms with E-state index in [9.17, 15) is 4.79 Å². The molecule has 0 aliphatic rings. The van der Waals surface area contributed by atoms with Crippen LogP contribution in [0.3, 0.4) is 0 Å². The number of hydrogen-bond donors (Lipinski definition) is 3.